The Morgan fingerprint density at radius 1 is 0.967 bits per heavy atom. The summed E-state index contributed by atoms with van der Waals surface area (Å²) >= 11 is 5.92. The fraction of sp³-hybridized carbons (Fsp3) is 0. The van der Waals surface area contributed by atoms with Crippen molar-refractivity contribution in [2.45, 2.75) is 0 Å². The molecule has 0 bridgehead atoms. The van der Waals surface area contributed by atoms with E-state index in [1.54, 1.807) is 48.5 Å². The van der Waals surface area contributed by atoms with Crippen molar-refractivity contribution in [1.82, 2.24) is 9.78 Å². The van der Waals surface area contributed by atoms with Crippen LogP contribution in [0.5, 0.6) is 11.5 Å². The van der Waals surface area contributed by atoms with Gasteiger partial charge in [-0.05, 0) is 60.7 Å². The molecule has 6 nitrogen and oxygen atoms in total. The van der Waals surface area contributed by atoms with Gasteiger partial charge in [-0.3, -0.25) is 4.79 Å². The predicted octanol–water partition coefficient (Wildman–Crippen LogP) is 5.00. The van der Waals surface area contributed by atoms with Gasteiger partial charge in [-0.25, -0.2) is 4.68 Å². The topological polar surface area (TPSA) is 93.9 Å². The van der Waals surface area contributed by atoms with Gasteiger partial charge in [0.25, 0.3) is 0 Å². The lowest BCUT2D eigenvalue weighted by molar-refractivity contribution is 0.103. The lowest BCUT2D eigenvalue weighted by Crippen LogP contribution is -2.05. The van der Waals surface area contributed by atoms with Crippen LogP contribution in [0.25, 0.3) is 5.69 Å². The summed E-state index contributed by atoms with van der Waals surface area (Å²) in [4.78, 5) is 13.0. The molecule has 0 spiro atoms. The van der Waals surface area contributed by atoms with Crippen molar-refractivity contribution in [3.8, 4) is 23.3 Å². The first-order valence-corrected chi connectivity index (χ1v) is 9.37. The number of carbonyl (C=O) groups is 1. The molecular formula is C23H15ClN4O2. The molecule has 0 aliphatic carbocycles. The molecule has 1 aromatic heterocycles. The lowest BCUT2D eigenvalue weighted by atomic mass is 10.1. The van der Waals surface area contributed by atoms with Gasteiger partial charge in [0.05, 0.1) is 5.69 Å². The van der Waals surface area contributed by atoms with Gasteiger partial charge in [0, 0.05) is 10.6 Å². The van der Waals surface area contributed by atoms with Crippen LogP contribution in [-0.4, -0.2) is 15.6 Å². The molecule has 0 aliphatic heterocycles. The zero-order chi connectivity index (χ0) is 21.1. The van der Waals surface area contributed by atoms with E-state index in [2.05, 4.69) is 5.10 Å². The number of para-hydroxylation sites is 1. The molecule has 4 aromatic rings. The first-order valence-electron chi connectivity index (χ1n) is 8.99. The Bertz CT molecular complexity index is 1240. The van der Waals surface area contributed by atoms with Crippen LogP contribution in [0.2, 0.25) is 5.02 Å². The van der Waals surface area contributed by atoms with Gasteiger partial charge < -0.3 is 10.5 Å². The van der Waals surface area contributed by atoms with Gasteiger partial charge in [0.1, 0.15) is 28.9 Å². The van der Waals surface area contributed by atoms with Gasteiger partial charge in [-0.1, -0.05) is 29.8 Å². The number of nitrogens with zero attached hydrogens (tertiary/aromatic N) is 3. The van der Waals surface area contributed by atoms with Crippen LogP contribution < -0.4 is 10.5 Å². The second-order valence-electron chi connectivity index (χ2n) is 6.38. The van der Waals surface area contributed by atoms with E-state index < -0.39 is 5.78 Å². The number of ketones is 1. The smallest absolute Gasteiger partial charge is 0.214 e. The van der Waals surface area contributed by atoms with Crippen LogP contribution in [0.1, 0.15) is 21.6 Å². The number of rotatable bonds is 5. The van der Waals surface area contributed by atoms with E-state index in [0.717, 1.165) is 0 Å². The van der Waals surface area contributed by atoms with E-state index in [-0.39, 0.29) is 17.1 Å². The van der Waals surface area contributed by atoms with E-state index in [1.807, 2.05) is 36.4 Å². The number of anilines is 1. The van der Waals surface area contributed by atoms with Gasteiger partial charge in [0.15, 0.2) is 5.69 Å². The Balaban J connectivity index is 1.64. The molecular weight excluding hydrogens is 400 g/mol. The maximum Gasteiger partial charge on any atom is 0.214 e. The Morgan fingerprint density at radius 2 is 1.60 bits per heavy atom. The fourth-order valence-corrected chi connectivity index (χ4v) is 3.04. The third-order valence-electron chi connectivity index (χ3n) is 4.41. The highest BCUT2D eigenvalue weighted by Gasteiger charge is 2.23. The maximum absolute atomic E-state index is 13.0. The molecule has 0 saturated carbocycles. The molecule has 0 saturated heterocycles. The number of hydrogen-bond donors (Lipinski definition) is 1. The highest BCUT2D eigenvalue weighted by Crippen LogP contribution is 2.25. The Morgan fingerprint density at radius 3 is 2.23 bits per heavy atom. The summed E-state index contributed by atoms with van der Waals surface area (Å²) in [6.45, 7) is 0. The average Bonchev–Trinajstić information content (AvgIpc) is 3.11. The van der Waals surface area contributed by atoms with E-state index in [9.17, 15) is 10.1 Å². The van der Waals surface area contributed by atoms with Crippen molar-refractivity contribution < 1.29 is 9.53 Å². The van der Waals surface area contributed by atoms with Crippen LogP contribution in [0, 0.1) is 11.3 Å². The Labute approximate surface area is 177 Å². The van der Waals surface area contributed by atoms with Crippen molar-refractivity contribution >= 4 is 23.2 Å². The summed E-state index contributed by atoms with van der Waals surface area (Å²) in [5.74, 6) is 0.965. The molecule has 0 aliphatic rings. The fourth-order valence-electron chi connectivity index (χ4n) is 2.92. The highest BCUT2D eigenvalue weighted by atomic mass is 35.5. The first-order chi connectivity index (χ1) is 14.6. The summed E-state index contributed by atoms with van der Waals surface area (Å²) in [6, 6.07) is 24.7. The van der Waals surface area contributed by atoms with E-state index in [0.29, 0.717) is 27.8 Å². The molecule has 3 aromatic carbocycles. The van der Waals surface area contributed by atoms with Crippen LogP contribution in [-0.2, 0) is 0 Å². The summed E-state index contributed by atoms with van der Waals surface area (Å²) < 4.78 is 7.10. The minimum atomic E-state index is -0.405. The number of nitriles is 1. The van der Waals surface area contributed by atoms with E-state index >= 15 is 0 Å². The number of nitrogen functional groups attached to an aromatic ring is 1. The van der Waals surface area contributed by atoms with Crippen molar-refractivity contribution in [3.05, 3.63) is 101 Å². The Kier molecular flexibility index (Phi) is 5.21. The summed E-state index contributed by atoms with van der Waals surface area (Å²) in [5, 5.41) is 14.4. The van der Waals surface area contributed by atoms with Crippen molar-refractivity contribution in [2.75, 3.05) is 5.73 Å². The van der Waals surface area contributed by atoms with Gasteiger partial charge >= 0.3 is 0 Å². The number of halogens is 1. The number of hydrogen-bond acceptors (Lipinski definition) is 5. The molecule has 1 heterocycles. The Hall–Kier alpha value is -4.08. The lowest BCUT2D eigenvalue weighted by Gasteiger charge is -2.06. The predicted molar refractivity (Wildman–Crippen MR) is 114 cm³/mol. The molecule has 2 N–H and O–H groups in total. The minimum Gasteiger partial charge on any atom is -0.457 e. The molecule has 0 unspecified atom stereocenters. The summed E-state index contributed by atoms with van der Waals surface area (Å²) in [5.41, 5.74) is 7.06. The molecule has 4 rings (SSSR count). The average molecular weight is 415 g/mol. The molecule has 0 radical (unpaired) electrons. The molecule has 7 heteroatoms. The third-order valence-corrected chi connectivity index (χ3v) is 4.67. The van der Waals surface area contributed by atoms with E-state index in [4.69, 9.17) is 22.1 Å². The standard InChI is InChI=1S/C23H15ClN4O2/c24-16-8-10-17(11-9-16)28-23(26)20(14-25)21(27-28)22(29)15-6-12-19(13-7-15)30-18-4-2-1-3-5-18/h1-13H,26H2. The number of benzene rings is 3. The highest BCUT2D eigenvalue weighted by molar-refractivity contribution is 6.30. The largest absolute Gasteiger partial charge is 0.457 e. The molecule has 146 valence electrons. The molecule has 0 atom stereocenters. The summed E-state index contributed by atoms with van der Waals surface area (Å²) in [6.07, 6.45) is 0. The molecule has 0 fully saturated rings. The minimum absolute atomic E-state index is 0.0123. The van der Waals surface area contributed by atoms with Crippen molar-refractivity contribution in [1.29, 1.82) is 5.26 Å². The van der Waals surface area contributed by atoms with Crippen LogP contribution >= 0.6 is 11.6 Å². The second-order valence-corrected chi connectivity index (χ2v) is 6.81. The van der Waals surface area contributed by atoms with Crippen LogP contribution in [0.15, 0.2) is 78.9 Å². The summed E-state index contributed by atoms with van der Waals surface area (Å²) in [7, 11) is 0. The zero-order valence-corrected chi connectivity index (χ0v) is 16.4. The van der Waals surface area contributed by atoms with Gasteiger partial charge in [-0.15, -0.1) is 0 Å². The number of aromatic nitrogens is 2. The van der Waals surface area contributed by atoms with E-state index in [1.165, 1.54) is 4.68 Å². The number of carbonyl (C=O) groups excluding carboxylic acids is 1. The molecule has 0 amide bonds. The van der Waals surface area contributed by atoms with Gasteiger partial charge in [-0.2, -0.15) is 10.4 Å². The third kappa shape index (κ3) is 3.75. The SMILES string of the molecule is N#Cc1c(C(=O)c2ccc(Oc3ccccc3)cc2)nn(-c2ccc(Cl)cc2)c1N. The van der Waals surface area contributed by atoms with Crippen LogP contribution in [0.3, 0.4) is 0 Å². The maximum atomic E-state index is 13.0. The van der Waals surface area contributed by atoms with Crippen LogP contribution in [0.4, 0.5) is 5.82 Å². The first kappa shape index (κ1) is 19.2. The van der Waals surface area contributed by atoms with Crippen molar-refractivity contribution in [3.63, 3.8) is 0 Å². The van der Waals surface area contributed by atoms with Crippen molar-refractivity contribution in [2.24, 2.45) is 0 Å². The van der Waals surface area contributed by atoms with Gasteiger partial charge in [0.2, 0.25) is 5.78 Å². The second kappa shape index (κ2) is 8.11. The quantitative estimate of drug-likeness (QED) is 0.463. The molecule has 30 heavy (non-hydrogen) atoms. The number of nitrogens with two attached hydrogens (primary N) is 1. The number of ether oxygens (including phenoxy) is 1. The zero-order valence-electron chi connectivity index (χ0n) is 15.6. The monoisotopic (exact) mass is 414 g/mol. The normalized spacial score (nSPS) is 10.4.